The highest BCUT2D eigenvalue weighted by Gasteiger charge is 2.35. The quantitative estimate of drug-likeness (QED) is 0.930. The molecule has 2 aliphatic rings. The highest BCUT2D eigenvalue weighted by atomic mass is 16.5. The molecule has 25 heavy (non-hydrogen) atoms. The molecule has 0 radical (unpaired) electrons. The van der Waals surface area contributed by atoms with Crippen LogP contribution in [0.2, 0.25) is 0 Å². The lowest BCUT2D eigenvalue weighted by Crippen LogP contribution is -2.44. The van der Waals surface area contributed by atoms with Crippen LogP contribution >= 0.6 is 0 Å². The topological polar surface area (TPSA) is 71.3 Å². The number of rotatable bonds is 3. The van der Waals surface area contributed by atoms with Gasteiger partial charge in [-0.1, -0.05) is 35.5 Å². The van der Waals surface area contributed by atoms with Gasteiger partial charge in [-0.2, -0.15) is 4.98 Å². The predicted molar refractivity (Wildman–Crippen MR) is 93.6 cm³/mol. The molecule has 6 heteroatoms. The normalized spacial score (nSPS) is 22.1. The molecule has 3 heterocycles. The molecule has 1 aromatic heterocycles. The van der Waals surface area contributed by atoms with Crippen LogP contribution in [0.25, 0.3) is 11.4 Å². The third-order valence-electron chi connectivity index (χ3n) is 5.23. The fourth-order valence-electron chi connectivity index (χ4n) is 3.83. The largest absolute Gasteiger partial charge is 0.337 e. The number of benzene rings is 1. The number of hydrogen-bond acceptors (Lipinski definition) is 5. The Bertz CT molecular complexity index is 709. The Balaban J connectivity index is 1.55. The first-order valence-corrected chi connectivity index (χ1v) is 9.23. The Labute approximate surface area is 147 Å². The molecule has 0 bridgehead atoms. The van der Waals surface area contributed by atoms with Gasteiger partial charge in [0.15, 0.2) is 0 Å². The molecular weight excluding hydrogens is 316 g/mol. The van der Waals surface area contributed by atoms with Gasteiger partial charge in [-0.15, -0.1) is 0 Å². The molecule has 0 saturated carbocycles. The molecular formula is C19H24N4O2. The third-order valence-corrected chi connectivity index (χ3v) is 5.23. The van der Waals surface area contributed by atoms with E-state index in [4.69, 9.17) is 4.52 Å². The zero-order valence-corrected chi connectivity index (χ0v) is 14.4. The average Bonchev–Trinajstić information content (AvgIpc) is 3.19. The number of carbonyl (C=O) groups excluding carboxylic acids is 1. The highest BCUT2D eigenvalue weighted by molar-refractivity contribution is 5.79. The standard InChI is InChI=1S/C19H24N4O2/c24-19(15-9-11-20-12-10-15)23-13-5-4-8-16(23)18-21-17(22-25-18)14-6-2-1-3-7-14/h1-3,6-7,15-16,20H,4-5,8-13H2. The Morgan fingerprint density at radius 1 is 1.12 bits per heavy atom. The van der Waals surface area contributed by atoms with Crippen molar-refractivity contribution < 1.29 is 9.32 Å². The van der Waals surface area contributed by atoms with Crippen molar-refractivity contribution >= 4 is 5.91 Å². The van der Waals surface area contributed by atoms with E-state index in [0.717, 1.165) is 57.3 Å². The van der Waals surface area contributed by atoms with Gasteiger partial charge in [0.1, 0.15) is 6.04 Å². The van der Waals surface area contributed by atoms with Crippen molar-refractivity contribution in [2.24, 2.45) is 5.92 Å². The number of nitrogens with zero attached hydrogens (tertiary/aromatic N) is 3. The van der Waals surface area contributed by atoms with Gasteiger partial charge in [-0.3, -0.25) is 4.79 Å². The second-order valence-corrected chi connectivity index (χ2v) is 6.89. The van der Waals surface area contributed by atoms with E-state index in [2.05, 4.69) is 15.5 Å². The summed E-state index contributed by atoms with van der Waals surface area (Å²) in [5.41, 5.74) is 0.935. The van der Waals surface area contributed by atoms with Crippen molar-refractivity contribution in [2.75, 3.05) is 19.6 Å². The van der Waals surface area contributed by atoms with Gasteiger partial charge in [-0.05, 0) is 45.2 Å². The first-order valence-electron chi connectivity index (χ1n) is 9.23. The van der Waals surface area contributed by atoms with E-state index in [-0.39, 0.29) is 17.9 Å². The van der Waals surface area contributed by atoms with Crippen molar-refractivity contribution in [1.82, 2.24) is 20.4 Å². The molecule has 1 aromatic carbocycles. The Kier molecular flexibility index (Phi) is 4.78. The van der Waals surface area contributed by atoms with Gasteiger partial charge < -0.3 is 14.7 Å². The zero-order valence-electron chi connectivity index (χ0n) is 14.4. The molecule has 2 aliphatic heterocycles. The molecule has 132 valence electrons. The van der Waals surface area contributed by atoms with Crippen LogP contribution in [0, 0.1) is 5.92 Å². The molecule has 1 amide bonds. The average molecular weight is 340 g/mol. The van der Waals surface area contributed by atoms with Crippen molar-refractivity contribution in [3.8, 4) is 11.4 Å². The Morgan fingerprint density at radius 2 is 1.92 bits per heavy atom. The van der Waals surface area contributed by atoms with Crippen molar-refractivity contribution in [3.05, 3.63) is 36.2 Å². The first-order chi connectivity index (χ1) is 12.3. The maximum Gasteiger partial charge on any atom is 0.249 e. The summed E-state index contributed by atoms with van der Waals surface area (Å²) in [5, 5.41) is 7.46. The molecule has 4 rings (SSSR count). The van der Waals surface area contributed by atoms with Crippen molar-refractivity contribution in [3.63, 3.8) is 0 Å². The van der Waals surface area contributed by atoms with E-state index in [0.29, 0.717) is 11.7 Å². The maximum absolute atomic E-state index is 13.0. The molecule has 1 N–H and O–H groups in total. The van der Waals surface area contributed by atoms with E-state index in [1.807, 2.05) is 35.2 Å². The molecule has 2 fully saturated rings. The van der Waals surface area contributed by atoms with Crippen LogP contribution in [0.15, 0.2) is 34.9 Å². The lowest BCUT2D eigenvalue weighted by atomic mass is 9.93. The summed E-state index contributed by atoms with van der Waals surface area (Å²) in [6.07, 6.45) is 4.87. The third kappa shape index (κ3) is 3.44. The first kappa shape index (κ1) is 16.3. The lowest BCUT2D eigenvalue weighted by Gasteiger charge is -2.36. The van der Waals surface area contributed by atoms with Crippen LogP contribution in [0.1, 0.15) is 44.0 Å². The van der Waals surface area contributed by atoms with Crippen LogP contribution < -0.4 is 5.32 Å². The zero-order chi connectivity index (χ0) is 17.1. The van der Waals surface area contributed by atoms with Crippen molar-refractivity contribution in [1.29, 1.82) is 0 Å². The summed E-state index contributed by atoms with van der Waals surface area (Å²) < 4.78 is 5.56. The summed E-state index contributed by atoms with van der Waals surface area (Å²) in [7, 11) is 0. The summed E-state index contributed by atoms with van der Waals surface area (Å²) >= 11 is 0. The number of nitrogens with one attached hydrogen (secondary N) is 1. The van der Waals surface area contributed by atoms with Crippen LogP contribution in [-0.4, -0.2) is 40.6 Å². The summed E-state index contributed by atoms with van der Waals surface area (Å²) in [5.74, 6) is 1.54. The van der Waals surface area contributed by atoms with Gasteiger partial charge >= 0.3 is 0 Å². The second kappa shape index (κ2) is 7.35. The predicted octanol–water partition coefficient (Wildman–Crippen LogP) is 2.79. The molecule has 2 aromatic rings. The number of hydrogen-bond donors (Lipinski definition) is 1. The minimum atomic E-state index is -0.0823. The summed E-state index contributed by atoms with van der Waals surface area (Å²) in [4.78, 5) is 19.6. The van der Waals surface area contributed by atoms with Crippen LogP contribution in [0.5, 0.6) is 0 Å². The SMILES string of the molecule is O=C(C1CCNCC1)N1CCCCC1c1nc(-c2ccccc2)no1. The van der Waals surface area contributed by atoms with E-state index in [1.54, 1.807) is 0 Å². The Morgan fingerprint density at radius 3 is 2.72 bits per heavy atom. The molecule has 1 atom stereocenters. The summed E-state index contributed by atoms with van der Waals surface area (Å²) in [6, 6.07) is 9.73. The van der Waals surface area contributed by atoms with Gasteiger partial charge in [-0.25, -0.2) is 0 Å². The molecule has 0 spiro atoms. The number of carbonyl (C=O) groups is 1. The van der Waals surface area contributed by atoms with Gasteiger partial charge in [0, 0.05) is 18.0 Å². The smallest absolute Gasteiger partial charge is 0.249 e. The van der Waals surface area contributed by atoms with E-state index >= 15 is 0 Å². The highest BCUT2D eigenvalue weighted by Crippen LogP contribution is 2.33. The molecule has 2 saturated heterocycles. The number of amides is 1. The van der Waals surface area contributed by atoms with Crippen LogP contribution in [0.4, 0.5) is 0 Å². The fraction of sp³-hybridized carbons (Fsp3) is 0.526. The van der Waals surface area contributed by atoms with Crippen LogP contribution in [0.3, 0.4) is 0 Å². The number of piperidine rings is 2. The minimum Gasteiger partial charge on any atom is -0.337 e. The maximum atomic E-state index is 13.0. The summed E-state index contributed by atoms with van der Waals surface area (Å²) in [6.45, 7) is 2.64. The van der Waals surface area contributed by atoms with Gasteiger partial charge in [0.05, 0.1) is 0 Å². The van der Waals surface area contributed by atoms with Gasteiger partial charge in [0.2, 0.25) is 17.6 Å². The van der Waals surface area contributed by atoms with Crippen molar-refractivity contribution in [2.45, 2.75) is 38.1 Å². The molecule has 0 aliphatic carbocycles. The van der Waals surface area contributed by atoms with E-state index in [1.165, 1.54) is 0 Å². The number of aromatic nitrogens is 2. The van der Waals surface area contributed by atoms with E-state index in [9.17, 15) is 4.79 Å². The lowest BCUT2D eigenvalue weighted by molar-refractivity contribution is -0.141. The monoisotopic (exact) mass is 340 g/mol. The molecule has 6 nitrogen and oxygen atoms in total. The van der Waals surface area contributed by atoms with Gasteiger partial charge in [0.25, 0.3) is 0 Å². The Hall–Kier alpha value is -2.21. The second-order valence-electron chi connectivity index (χ2n) is 6.89. The fourth-order valence-corrected chi connectivity index (χ4v) is 3.83. The van der Waals surface area contributed by atoms with E-state index < -0.39 is 0 Å². The number of likely N-dealkylation sites (tertiary alicyclic amines) is 1. The molecule has 1 unspecified atom stereocenters. The van der Waals surface area contributed by atoms with Crippen LogP contribution in [-0.2, 0) is 4.79 Å². The minimum absolute atomic E-state index is 0.0823.